The molecule has 0 fully saturated rings. The molecule has 0 aromatic heterocycles. The van der Waals surface area contributed by atoms with E-state index in [1.54, 1.807) is 27.2 Å². The number of esters is 2. The van der Waals surface area contributed by atoms with Gasteiger partial charge in [0, 0.05) is 12.8 Å². The van der Waals surface area contributed by atoms with Gasteiger partial charge in [-0.05, 0) is 44.9 Å². The van der Waals surface area contributed by atoms with Crippen LogP contribution in [0.15, 0.2) is 122 Å². The largest absolute Gasteiger partial charge is 0.544 e. The first-order valence-corrected chi connectivity index (χ1v) is 18.7. The zero-order valence-electron chi connectivity index (χ0n) is 32.4. The first kappa shape index (κ1) is 47.7. The van der Waals surface area contributed by atoms with Gasteiger partial charge in [-0.3, -0.25) is 9.59 Å². The Morgan fingerprint density at radius 3 is 1.71 bits per heavy atom. The number of aliphatic carboxylic acids is 1. The van der Waals surface area contributed by atoms with Gasteiger partial charge in [-0.2, -0.15) is 0 Å². The molecule has 0 saturated carbocycles. The highest BCUT2D eigenvalue weighted by molar-refractivity contribution is 5.71. The lowest BCUT2D eigenvalue weighted by molar-refractivity contribution is -0.889. The normalized spacial score (nSPS) is 14.4. The lowest BCUT2D eigenvalue weighted by Crippen LogP contribution is -2.55. The van der Waals surface area contributed by atoms with Gasteiger partial charge in [-0.15, -0.1) is 0 Å². The second-order valence-corrected chi connectivity index (χ2v) is 12.9. The molecule has 0 aliphatic carbocycles. The van der Waals surface area contributed by atoms with E-state index in [9.17, 15) is 19.5 Å². The van der Waals surface area contributed by atoms with Crippen molar-refractivity contribution in [3.63, 3.8) is 0 Å². The van der Waals surface area contributed by atoms with Crippen molar-refractivity contribution in [2.45, 2.75) is 96.6 Å². The van der Waals surface area contributed by atoms with Crippen molar-refractivity contribution in [3.05, 3.63) is 122 Å². The maximum atomic E-state index is 12.6. The Kier molecular flexibility index (Phi) is 31.1. The van der Waals surface area contributed by atoms with Crippen LogP contribution in [0.1, 0.15) is 84.5 Å². The van der Waals surface area contributed by atoms with Crippen LogP contribution in [0.5, 0.6) is 0 Å². The van der Waals surface area contributed by atoms with Gasteiger partial charge in [0.05, 0.1) is 46.7 Å². The van der Waals surface area contributed by atoms with Crippen LogP contribution < -0.4 is 5.11 Å². The van der Waals surface area contributed by atoms with Crippen LogP contribution in [0, 0.1) is 0 Å². The molecule has 0 rings (SSSR count). The minimum Gasteiger partial charge on any atom is -0.544 e. The van der Waals surface area contributed by atoms with Crippen LogP contribution in [0.2, 0.25) is 0 Å². The number of ether oxygens (including phenoxy) is 3. The van der Waals surface area contributed by atoms with E-state index in [1.807, 2.05) is 85.1 Å². The number of carboxylic acid groups (broad SMARTS) is 1. The van der Waals surface area contributed by atoms with Crippen molar-refractivity contribution in [2.24, 2.45) is 0 Å². The van der Waals surface area contributed by atoms with Crippen molar-refractivity contribution in [1.29, 1.82) is 0 Å². The lowest BCUT2D eigenvalue weighted by Gasteiger charge is -2.34. The Balaban J connectivity index is 4.64. The third-order valence-electron chi connectivity index (χ3n) is 7.32. The number of rotatable bonds is 30. The number of nitrogens with zero attached hydrogens (tertiary/aromatic N) is 1. The van der Waals surface area contributed by atoms with Gasteiger partial charge < -0.3 is 28.6 Å². The summed E-state index contributed by atoms with van der Waals surface area (Å²) in [5.41, 5.74) is 0. The van der Waals surface area contributed by atoms with Gasteiger partial charge >= 0.3 is 11.9 Å². The van der Waals surface area contributed by atoms with E-state index < -0.39 is 24.1 Å². The number of quaternary nitrogens is 1. The molecule has 288 valence electrons. The Labute approximate surface area is 314 Å². The van der Waals surface area contributed by atoms with Crippen LogP contribution in [0.25, 0.3) is 0 Å². The summed E-state index contributed by atoms with van der Waals surface area (Å²) in [4.78, 5) is 36.5. The van der Waals surface area contributed by atoms with Crippen LogP contribution in [-0.4, -0.2) is 75.5 Å². The van der Waals surface area contributed by atoms with E-state index in [-0.39, 0.29) is 49.5 Å². The van der Waals surface area contributed by atoms with Gasteiger partial charge in [0.25, 0.3) is 0 Å². The molecule has 52 heavy (non-hydrogen) atoms. The van der Waals surface area contributed by atoms with Crippen LogP contribution >= 0.6 is 0 Å². The number of hydrogen-bond acceptors (Lipinski definition) is 7. The fourth-order valence-electron chi connectivity index (χ4n) is 4.46. The predicted molar refractivity (Wildman–Crippen MR) is 212 cm³/mol. The van der Waals surface area contributed by atoms with Crippen LogP contribution in [-0.2, 0) is 28.6 Å². The second kappa shape index (κ2) is 33.9. The standard InChI is InChI=1S/C44H65NO7/c1-6-8-10-12-14-16-17-18-19-20-21-22-23-24-25-27-29-31-33-35-43(47)52-40(38-50-37-36-41(44(48)49)45(3,4)5)39-51-42(46)34-32-30-28-26-15-13-11-9-7-2/h8-12,14-26,30,32,40-41H,6-7,13,27-29,31,33-39H2,1-5H3/b10-8+,11-9+,14-12+,17-16+,19-18+,21-20+,23-22+,25-24+,26-15+,32-30+. The van der Waals surface area contributed by atoms with Gasteiger partial charge in [0.15, 0.2) is 6.10 Å². The number of unbranched alkanes of at least 4 members (excludes halogenated alkanes) is 3. The highest BCUT2D eigenvalue weighted by Crippen LogP contribution is 2.10. The number of carboxylic acids is 1. The zero-order chi connectivity index (χ0) is 38.5. The molecule has 8 nitrogen and oxygen atoms in total. The molecule has 0 aromatic carbocycles. The molecule has 2 unspecified atom stereocenters. The molecule has 0 aromatic rings. The highest BCUT2D eigenvalue weighted by Gasteiger charge is 2.25. The quantitative estimate of drug-likeness (QED) is 0.0243. The van der Waals surface area contributed by atoms with E-state index in [0.29, 0.717) is 6.42 Å². The Bertz CT molecular complexity index is 1260. The first-order chi connectivity index (χ1) is 25.1. The topological polar surface area (TPSA) is 102 Å². The zero-order valence-corrected chi connectivity index (χ0v) is 32.4. The average Bonchev–Trinajstić information content (AvgIpc) is 3.09. The van der Waals surface area contributed by atoms with Crippen molar-refractivity contribution in [3.8, 4) is 0 Å². The van der Waals surface area contributed by atoms with Gasteiger partial charge in [0.2, 0.25) is 0 Å². The summed E-state index contributed by atoms with van der Waals surface area (Å²) in [6.07, 6.45) is 46.9. The van der Waals surface area contributed by atoms with Gasteiger partial charge in [-0.1, -0.05) is 142 Å². The van der Waals surface area contributed by atoms with Gasteiger partial charge in [-0.25, -0.2) is 0 Å². The summed E-state index contributed by atoms with van der Waals surface area (Å²) in [7, 11) is 5.33. The maximum Gasteiger partial charge on any atom is 0.309 e. The van der Waals surface area contributed by atoms with Crippen LogP contribution in [0.3, 0.4) is 0 Å². The Morgan fingerprint density at radius 2 is 1.15 bits per heavy atom. The van der Waals surface area contributed by atoms with E-state index >= 15 is 0 Å². The maximum absolute atomic E-state index is 12.6. The number of allylic oxidation sites excluding steroid dienone is 19. The summed E-state index contributed by atoms with van der Waals surface area (Å²) >= 11 is 0. The summed E-state index contributed by atoms with van der Waals surface area (Å²) in [6, 6.07) is -0.753. The first-order valence-electron chi connectivity index (χ1n) is 18.7. The average molecular weight is 720 g/mol. The molecule has 0 heterocycles. The molecular weight excluding hydrogens is 654 g/mol. The fraction of sp³-hybridized carbons (Fsp3) is 0.477. The summed E-state index contributed by atoms with van der Waals surface area (Å²) in [6.45, 7) is 4.17. The number of likely N-dealkylation sites (N-methyl/N-ethyl adjacent to an activating group) is 1. The van der Waals surface area contributed by atoms with E-state index in [0.717, 1.165) is 44.9 Å². The van der Waals surface area contributed by atoms with Crippen molar-refractivity contribution >= 4 is 17.9 Å². The van der Waals surface area contributed by atoms with Gasteiger partial charge in [0.1, 0.15) is 12.6 Å². The summed E-state index contributed by atoms with van der Waals surface area (Å²) in [5.74, 6) is -1.97. The molecule has 0 spiro atoms. The molecule has 0 aliphatic rings. The summed E-state index contributed by atoms with van der Waals surface area (Å²) < 4.78 is 16.9. The SMILES string of the molecule is CC/C=C/C=C/C=C/C=C/C=C/C=C/C=C/CCCCCC(=O)OC(COCCC(C(=O)[O-])[N+](C)(C)C)COC(=O)C/C=C/C/C=C/C/C=C/CC. The molecular formula is C44H65NO7. The van der Waals surface area contributed by atoms with Crippen molar-refractivity contribution < 1.29 is 38.2 Å². The lowest BCUT2D eigenvalue weighted by atomic mass is 10.1. The Hall–Kier alpha value is -4.27. The molecule has 0 radical (unpaired) electrons. The van der Waals surface area contributed by atoms with Crippen LogP contribution in [0.4, 0.5) is 0 Å². The van der Waals surface area contributed by atoms with E-state index in [4.69, 9.17) is 14.2 Å². The molecule has 0 bridgehead atoms. The smallest absolute Gasteiger partial charge is 0.309 e. The number of carbonyl (C=O) groups excluding carboxylic acids is 3. The van der Waals surface area contributed by atoms with Crippen molar-refractivity contribution in [1.82, 2.24) is 0 Å². The predicted octanol–water partition coefficient (Wildman–Crippen LogP) is 8.18. The van der Waals surface area contributed by atoms with E-state index in [1.165, 1.54) is 0 Å². The third-order valence-corrected chi connectivity index (χ3v) is 7.32. The monoisotopic (exact) mass is 719 g/mol. The number of hydrogen-bond donors (Lipinski definition) is 0. The molecule has 0 aliphatic heterocycles. The Morgan fingerprint density at radius 1 is 0.615 bits per heavy atom. The fourth-order valence-corrected chi connectivity index (χ4v) is 4.46. The molecule has 0 N–H and O–H groups in total. The summed E-state index contributed by atoms with van der Waals surface area (Å²) in [5, 5.41) is 11.6. The minimum absolute atomic E-state index is 0.0152. The highest BCUT2D eigenvalue weighted by atomic mass is 16.6. The molecule has 2 atom stereocenters. The molecule has 0 amide bonds. The molecule has 8 heteroatoms. The number of carbonyl (C=O) groups is 3. The third kappa shape index (κ3) is 31.7. The second-order valence-electron chi connectivity index (χ2n) is 12.9. The van der Waals surface area contributed by atoms with Crippen molar-refractivity contribution in [2.75, 3.05) is 41.0 Å². The molecule has 0 saturated heterocycles. The van der Waals surface area contributed by atoms with E-state index in [2.05, 4.69) is 44.2 Å². The minimum atomic E-state index is -1.15.